The summed E-state index contributed by atoms with van der Waals surface area (Å²) in [6.45, 7) is 1.96. The van der Waals surface area contributed by atoms with E-state index in [0.717, 1.165) is 11.1 Å². The second-order valence-corrected chi connectivity index (χ2v) is 4.16. The molecule has 0 aliphatic heterocycles. The van der Waals surface area contributed by atoms with Gasteiger partial charge in [-0.15, -0.1) is 0 Å². The minimum absolute atomic E-state index is 0.0476. The van der Waals surface area contributed by atoms with Crippen LogP contribution in [-0.4, -0.2) is 22.9 Å². The predicted molar refractivity (Wildman–Crippen MR) is 69.0 cm³/mol. The largest absolute Gasteiger partial charge is 0.468 e. The number of carbonyl (C=O) groups excluding carboxylic acids is 1. The number of methoxy groups -OCH3 is 1. The Bertz CT molecular complexity index is 593. The molecular weight excluding hydrogens is 247 g/mol. The SMILES string of the molecule is CCc1ccc(-c2cnn(CC(=O)OC)c2)cc1F. The molecule has 0 spiro atoms. The summed E-state index contributed by atoms with van der Waals surface area (Å²) in [5, 5.41) is 4.05. The van der Waals surface area contributed by atoms with Crippen molar-refractivity contribution in [1.29, 1.82) is 0 Å². The van der Waals surface area contributed by atoms with Gasteiger partial charge in [0.2, 0.25) is 0 Å². The van der Waals surface area contributed by atoms with Crippen LogP contribution in [0.3, 0.4) is 0 Å². The Labute approximate surface area is 110 Å². The van der Waals surface area contributed by atoms with Crippen LogP contribution in [0, 0.1) is 5.82 Å². The lowest BCUT2D eigenvalue weighted by atomic mass is 10.1. The molecule has 0 aliphatic rings. The smallest absolute Gasteiger partial charge is 0.327 e. The number of esters is 1. The molecule has 0 amide bonds. The molecule has 0 radical (unpaired) electrons. The highest BCUT2D eigenvalue weighted by atomic mass is 19.1. The number of rotatable bonds is 4. The van der Waals surface area contributed by atoms with Gasteiger partial charge in [-0.25, -0.2) is 4.39 Å². The number of benzene rings is 1. The van der Waals surface area contributed by atoms with Gasteiger partial charge in [0, 0.05) is 11.8 Å². The molecule has 0 saturated heterocycles. The van der Waals surface area contributed by atoms with Crippen LogP contribution in [0.1, 0.15) is 12.5 Å². The number of hydrogen-bond donors (Lipinski definition) is 0. The molecule has 0 unspecified atom stereocenters. The number of carbonyl (C=O) groups is 1. The maximum atomic E-state index is 13.7. The molecule has 4 nitrogen and oxygen atoms in total. The summed E-state index contributed by atoms with van der Waals surface area (Å²) >= 11 is 0. The van der Waals surface area contributed by atoms with Gasteiger partial charge >= 0.3 is 5.97 Å². The van der Waals surface area contributed by atoms with E-state index in [9.17, 15) is 9.18 Å². The quantitative estimate of drug-likeness (QED) is 0.795. The third-order valence-electron chi connectivity index (χ3n) is 2.92. The number of halogens is 1. The number of hydrogen-bond acceptors (Lipinski definition) is 3. The minimum Gasteiger partial charge on any atom is -0.468 e. The van der Waals surface area contributed by atoms with Crippen LogP contribution in [0.4, 0.5) is 4.39 Å². The highest BCUT2D eigenvalue weighted by molar-refractivity contribution is 5.69. The van der Waals surface area contributed by atoms with E-state index in [-0.39, 0.29) is 18.3 Å². The molecule has 0 atom stereocenters. The van der Waals surface area contributed by atoms with E-state index >= 15 is 0 Å². The fourth-order valence-corrected chi connectivity index (χ4v) is 1.81. The second kappa shape index (κ2) is 5.65. The molecule has 1 heterocycles. The minimum atomic E-state index is -0.373. The average molecular weight is 262 g/mol. The fourth-order valence-electron chi connectivity index (χ4n) is 1.81. The molecule has 0 bridgehead atoms. The molecule has 2 aromatic rings. The Kier molecular flexibility index (Phi) is 3.94. The van der Waals surface area contributed by atoms with Crippen LogP contribution in [-0.2, 0) is 22.5 Å². The highest BCUT2D eigenvalue weighted by Gasteiger charge is 2.08. The third kappa shape index (κ3) is 2.99. The van der Waals surface area contributed by atoms with Crippen molar-refractivity contribution < 1.29 is 13.9 Å². The van der Waals surface area contributed by atoms with Crippen molar-refractivity contribution >= 4 is 5.97 Å². The van der Waals surface area contributed by atoms with E-state index in [4.69, 9.17) is 0 Å². The molecule has 1 aromatic heterocycles. The summed E-state index contributed by atoms with van der Waals surface area (Å²) in [4.78, 5) is 11.1. The first-order chi connectivity index (χ1) is 9.13. The van der Waals surface area contributed by atoms with Crippen molar-refractivity contribution in [3.8, 4) is 11.1 Å². The zero-order valence-electron chi connectivity index (χ0n) is 10.9. The summed E-state index contributed by atoms with van der Waals surface area (Å²) in [6, 6.07) is 5.10. The van der Waals surface area contributed by atoms with Crippen LogP contribution in [0.15, 0.2) is 30.6 Å². The van der Waals surface area contributed by atoms with Gasteiger partial charge in [-0.2, -0.15) is 5.10 Å². The molecule has 2 rings (SSSR count). The first kappa shape index (κ1) is 13.3. The van der Waals surface area contributed by atoms with Gasteiger partial charge in [0.15, 0.2) is 0 Å². The van der Waals surface area contributed by atoms with Crippen molar-refractivity contribution in [1.82, 2.24) is 9.78 Å². The number of ether oxygens (including phenoxy) is 1. The van der Waals surface area contributed by atoms with Crippen LogP contribution in [0.25, 0.3) is 11.1 Å². The Morgan fingerprint density at radius 1 is 1.42 bits per heavy atom. The van der Waals surface area contributed by atoms with Crippen LogP contribution < -0.4 is 0 Å². The first-order valence-electron chi connectivity index (χ1n) is 6.02. The van der Waals surface area contributed by atoms with Crippen molar-refractivity contribution in [2.45, 2.75) is 19.9 Å². The first-order valence-corrected chi connectivity index (χ1v) is 6.02. The van der Waals surface area contributed by atoms with E-state index in [0.29, 0.717) is 12.0 Å². The normalized spacial score (nSPS) is 10.5. The zero-order valence-corrected chi connectivity index (χ0v) is 10.9. The maximum absolute atomic E-state index is 13.7. The lowest BCUT2D eigenvalue weighted by molar-refractivity contribution is -0.141. The van der Waals surface area contributed by atoms with Gasteiger partial charge in [-0.3, -0.25) is 9.48 Å². The monoisotopic (exact) mass is 262 g/mol. The van der Waals surface area contributed by atoms with E-state index < -0.39 is 0 Å². The number of aryl methyl sites for hydroxylation is 1. The lowest BCUT2D eigenvalue weighted by Gasteiger charge is -2.02. The number of aromatic nitrogens is 2. The lowest BCUT2D eigenvalue weighted by Crippen LogP contribution is -2.11. The Balaban J connectivity index is 2.23. The highest BCUT2D eigenvalue weighted by Crippen LogP contribution is 2.21. The molecule has 5 heteroatoms. The molecule has 1 aromatic carbocycles. The van der Waals surface area contributed by atoms with Gasteiger partial charge in [0.25, 0.3) is 0 Å². The standard InChI is InChI=1S/C14H15FN2O2/c1-3-10-4-5-11(6-13(10)15)12-7-16-17(8-12)9-14(18)19-2/h4-8H,3,9H2,1-2H3. The van der Waals surface area contributed by atoms with Gasteiger partial charge in [0.05, 0.1) is 13.3 Å². The topological polar surface area (TPSA) is 44.1 Å². The van der Waals surface area contributed by atoms with Crippen molar-refractivity contribution in [2.75, 3.05) is 7.11 Å². The Hall–Kier alpha value is -2.17. The fraction of sp³-hybridized carbons (Fsp3) is 0.286. The van der Waals surface area contributed by atoms with E-state index in [2.05, 4.69) is 9.84 Å². The van der Waals surface area contributed by atoms with Crippen LogP contribution in [0.2, 0.25) is 0 Å². The molecule has 0 fully saturated rings. The van der Waals surface area contributed by atoms with Gasteiger partial charge in [-0.1, -0.05) is 19.1 Å². The second-order valence-electron chi connectivity index (χ2n) is 4.16. The molecule has 0 aliphatic carbocycles. The Morgan fingerprint density at radius 3 is 2.84 bits per heavy atom. The van der Waals surface area contributed by atoms with Crippen LogP contribution in [0.5, 0.6) is 0 Å². The van der Waals surface area contributed by atoms with Gasteiger partial charge < -0.3 is 4.74 Å². The molecular formula is C14H15FN2O2. The van der Waals surface area contributed by atoms with Crippen molar-refractivity contribution in [3.63, 3.8) is 0 Å². The van der Waals surface area contributed by atoms with Crippen molar-refractivity contribution in [3.05, 3.63) is 42.0 Å². The summed E-state index contributed by atoms with van der Waals surface area (Å²) in [7, 11) is 1.32. The van der Waals surface area contributed by atoms with E-state index in [1.165, 1.54) is 17.9 Å². The molecule has 19 heavy (non-hydrogen) atoms. The van der Waals surface area contributed by atoms with E-state index in [1.54, 1.807) is 18.5 Å². The number of nitrogens with zero attached hydrogens (tertiary/aromatic N) is 2. The molecule has 100 valence electrons. The average Bonchev–Trinajstić information content (AvgIpc) is 2.87. The molecule has 0 saturated carbocycles. The van der Waals surface area contributed by atoms with Crippen LogP contribution >= 0.6 is 0 Å². The summed E-state index contributed by atoms with van der Waals surface area (Å²) in [5.41, 5.74) is 2.20. The van der Waals surface area contributed by atoms with Gasteiger partial charge in [-0.05, 0) is 23.6 Å². The summed E-state index contributed by atoms with van der Waals surface area (Å²) in [6.07, 6.45) is 3.95. The van der Waals surface area contributed by atoms with Crippen molar-refractivity contribution in [2.24, 2.45) is 0 Å². The Morgan fingerprint density at radius 2 is 2.21 bits per heavy atom. The maximum Gasteiger partial charge on any atom is 0.327 e. The summed E-state index contributed by atoms with van der Waals surface area (Å²) in [5.74, 6) is -0.595. The van der Waals surface area contributed by atoms with Gasteiger partial charge in [0.1, 0.15) is 12.4 Å². The zero-order chi connectivity index (χ0) is 13.8. The van der Waals surface area contributed by atoms with E-state index in [1.807, 2.05) is 13.0 Å². The molecule has 0 N–H and O–H groups in total. The third-order valence-corrected chi connectivity index (χ3v) is 2.92. The summed E-state index contributed by atoms with van der Waals surface area (Å²) < 4.78 is 19.7. The predicted octanol–water partition coefficient (Wildman–Crippen LogP) is 2.42.